The van der Waals surface area contributed by atoms with Crippen LogP contribution in [0.2, 0.25) is 0 Å². The second kappa shape index (κ2) is 13.4. The number of amides is 3. The van der Waals surface area contributed by atoms with Crippen LogP contribution in [0.5, 0.6) is 11.5 Å². The molecule has 258 valence electrons. The highest BCUT2D eigenvalue weighted by Crippen LogP contribution is 2.39. The number of aromatic nitrogens is 6. The lowest BCUT2D eigenvalue weighted by Gasteiger charge is -2.27. The maximum absolute atomic E-state index is 15.0. The highest BCUT2D eigenvalue weighted by atomic mass is 19.1. The van der Waals surface area contributed by atoms with Gasteiger partial charge in [0.05, 0.1) is 29.4 Å². The Morgan fingerprint density at radius 2 is 1.76 bits per heavy atom. The topological polar surface area (TPSA) is 222 Å². The third-order valence-electron chi connectivity index (χ3n) is 8.42. The zero-order chi connectivity index (χ0) is 35.0. The summed E-state index contributed by atoms with van der Waals surface area (Å²) < 4.78 is 37.1. The van der Waals surface area contributed by atoms with Crippen LogP contribution in [-0.4, -0.2) is 73.5 Å². The van der Waals surface area contributed by atoms with Gasteiger partial charge in [-0.15, -0.1) is 0 Å². The van der Waals surface area contributed by atoms with Crippen molar-refractivity contribution in [3.63, 3.8) is 0 Å². The lowest BCUT2D eigenvalue weighted by atomic mass is 10.1. The van der Waals surface area contributed by atoms with E-state index in [9.17, 15) is 18.8 Å². The lowest BCUT2D eigenvalue weighted by Crippen LogP contribution is -2.27. The molecule has 0 radical (unpaired) electrons. The molecule has 2 aromatic carbocycles. The van der Waals surface area contributed by atoms with E-state index in [0.29, 0.717) is 72.6 Å². The summed E-state index contributed by atoms with van der Waals surface area (Å²) in [6.45, 7) is 4.95. The molecule has 17 heteroatoms. The van der Waals surface area contributed by atoms with Gasteiger partial charge in [-0.05, 0) is 51.0 Å². The Morgan fingerprint density at radius 1 is 1.04 bits per heavy atom. The summed E-state index contributed by atoms with van der Waals surface area (Å²) in [7, 11) is 1.60. The minimum absolute atomic E-state index is 0.0990. The summed E-state index contributed by atoms with van der Waals surface area (Å²) in [6.07, 6.45) is 1.70. The first-order valence-corrected chi connectivity index (χ1v) is 15.8. The number of methoxy groups -OCH3 is 1. The molecule has 0 aliphatic carbocycles. The number of imidazole rings is 2. The number of rotatable bonds is 14. The number of carbonyl (C=O) groups is 3. The first-order valence-electron chi connectivity index (χ1n) is 15.8. The summed E-state index contributed by atoms with van der Waals surface area (Å²) in [5, 5.41) is 6.88. The lowest BCUT2D eigenvalue weighted by molar-refractivity contribution is 0.0991. The maximum Gasteiger partial charge on any atom is 0.279 e. The van der Waals surface area contributed by atoms with Gasteiger partial charge in [-0.2, -0.15) is 5.10 Å². The van der Waals surface area contributed by atoms with E-state index >= 15 is 0 Å². The van der Waals surface area contributed by atoms with Crippen LogP contribution >= 0.6 is 0 Å². The van der Waals surface area contributed by atoms with Gasteiger partial charge in [0.2, 0.25) is 23.7 Å². The number of aryl methyl sites for hydroxylation is 3. The number of ether oxygens (including phenoxy) is 3. The monoisotopic (exact) mass is 676 g/mol. The number of anilines is 2. The van der Waals surface area contributed by atoms with Crippen molar-refractivity contribution in [3.8, 4) is 11.5 Å². The average Bonchev–Trinajstić information content (AvgIpc) is 3.70. The number of carbonyl (C=O) groups excluding carboxylic acids is 3. The molecule has 3 aromatic heterocycles. The van der Waals surface area contributed by atoms with E-state index in [1.54, 1.807) is 26.2 Å². The molecular weight excluding hydrogens is 639 g/mol. The van der Waals surface area contributed by atoms with Gasteiger partial charge in [0.15, 0.2) is 11.5 Å². The van der Waals surface area contributed by atoms with Gasteiger partial charge in [-0.1, -0.05) is 0 Å². The molecule has 16 nitrogen and oxygen atoms in total. The Balaban J connectivity index is 1.31. The summed E-state index contributed by atoms with van der Waals surface area (Å²) in [4.78, 5) is 46.6. The molecule has 6 rings (SSSR count). The minimum atomic E-state index is -0.723. The van der Waals surface area contributed by atoms with Crippen LogP contribution in [0.1, 0.15) is 69.1 Å². The predicted molar refractivity (Wildman–Crippen MR) is 177 cm³/mol. The molecule has 0 fully saturated rings. The Kier molecular flexibility index (Phi) is 9.09. The molecule has 49 heavy (non-hydrogen) atoms. The number of hydrogen-bond acceptors (Lipinski definition) is 10. The number of nitrogens with zero attached hydrogens (tertiary/aromatic N) is 6. The van der Waals surface area contributed by atoms with E-state index < -0.39 is 23.5 Å². The SMILES string of the molecule is CCn1nc(C)c(F)c1C(=O)Nc1nc2cc(C(N)=O)cc3c2n1[C@@H](CCCn1c(N)nc2cc(C(N)=O)cc(OCCCOC)c21)CO3. The van der Waals surface area contributed by atoms with Crippen LogP contribution in [0.4, 0.5) is 16.3 Å². The Bertz CT molecular complexity index is 2100. The van der Waals surface area contributed by atoms with Gasteiger partial charge in [-0.3, -0.25) is 24.4 Å². The molecule has 0 spiro atoms. The molecule has 0 saturated heterocycles. The van der Waals surface area contributed by atoms with Crippen LogP contribution in [0.3, 0.4) is 0 Å². The Labute approximate surface area is 279 Å². The fourth-order valence-corrected chi connectivity index (χ4v) is 6.13. The second-order valence-corrected chi connectivity index (χ2v) is 11.7. The van der Waals surface area contributed by atoms with Crippen LogP contribution in [0, 0.1) is 12.7 Å². The second-order valence-electron chi connectivity index (χ2n) is 11.7. The normalized spacial score (nSPS) is 13.9. The van der Waals surface area contributed by atoms with Crippen molar-refractivity contribution in [2.24, 2.45) is 11.5 Å². The number of primary amides is 2. The van der Waals surface area contributed by atoms with Gasteiger partial charge >= 0.3 is 0 Å². The summed E-state index contributed by atoms with van der Waals surface area (Å²) >= 11 is 0. The van der Waals surface area contributed by atoms with Crippen molar-refractivity contribution >= 4 is 51.7 Å². The molecule has 4 heterocycles. The number of hydrogen-bond donors (Lipinski definition) is 4. The van der Waals surface area contributed by atoms with Crippen molar-refractivity contribution < 1.29 is 33.0 Å². The molecule has 3 amide bonds. The van der Waals surface area contributed by atoms with E-state index in [1.165, 1.54) is 23.7 Å². The maximum atomic E-state index is 15.0. The fourth-order valence-electron chi connectivity index (χ4n) is 6.13. The predicted octanol–water partition coefficient (Wildman–Crippen LogP) is 2.91. The number of benzene rings is 2. The molecular formula is C32H37FN10O6. The fraction of sp³-hybridized carbons (Fsp3) is 0.375. The quantitative estimate of drug-likeness (QED) is 0.126. The standard InChI is InChI=1S/C32H37FN10O6/c1-4-42-27(24(33)16(2)40-42)30(46)39-32-38-21-12-18(29(35)45)14-23-26(21)43(32)19(15-49-23)7-5-8-41-25-20(37-31(41)36)11-17(28(34)44)13-22(25)48-10-6-9-47-3/h11-14,19H,4-10,15H2,1-3H3,(H2,34,44)(H2,35,45)(H2,36,37)(H,38,39,46)/t19-/m0/s1. The van der Waals surface area contributed by atoms with Gasteiger partial charge in [0, 0.05) is 44.4 Å². The first-order chi connectivity index (χ1) is 23.5. The number of nitrogen functional groups attached to an aromatic ring is 1. The van der Waals surface area contributed by atoms with E-state index in [0.717, 1.165) is 0 Å². The zero-order valence-corrected chi connectivity index (χ0v) is 27.3. The number of halogens is 1. The van der Waals surface area contributed by atoms with E-state index in [2.05, 4.69) is 20.4 Å². The van der Waals surface area contributed by atoms with E-state index in [-0.39, 0.29) is 53.6 Å². The molecule has 1 atom stereocenters. The highest BCUT2D eigenvalue weighted by Gasteiger charge is 2.31. The van der Waals surface area contributed by atoms with Crippen molar-refractivity contribution in [2.75, 3.05) is 38.0 Å². The summed E-state index contributed by atoms with van der Waals surface area (Å²) in [6, 6.07) is 5.87. The van der Waals surface area contributed by atoms with Crippen LogP contribution in [0.15, 0.2) is 24.3 Å². The first kappa shape index (κ1) is 33.2. The summed E-state index contributed by atoms with van der Waals surface area (Å²) in [5.74, 6) is -1.56. The molecule has 1 aliphatic heterocycles. The number of nitrogens with two attached hydrogens (primary N) is 3. The molecule has 0 bridgehead atoms. The van der Waals surface area contributed by atoms with Gasteiger partial charge in [0.25, 0.3) is 5.91 Å². The van der Waals surface area contributed by atoms with Crippen molar-refractivity contribution in [3.05, 3.63) is 52.6 Å². The molecule has 0 saturated carbocycles. The number of nitrogens with one attached hydrogen (secondary N) is 1. The van der Waals surface area contributed by atoms with E-state index in [1.807, 2.05) is 9.13 Å². The van der Waals surface area contributed by atoms with Crippen molar-refractivity contribution in [2.45, 2.75) is 52.2 Å². The van der Waals surface area contributed by atoms with Crippen molar-refractivity contribution in [1.82, 2.24) is 28.9 Å². The largest absolute Gasteiger partial charge is 0.491 e. The minimum Gasteiger partial charge on any atom is -0.491 e. The number of fused-ring (bicyclic) bond motifs is 1. The third kappa shape index (κ3) is 6.19. The van der Waals surface area contributed by atoms with E-state index in [4.69, 9.17) is 31.4 Å². The van der Waals surface area contributed by atoms with Crippen LogP contribution in [0.25, 0.3) is 22.1 Å². The van der Waals surface area contributed by atoms with Gasteiger partial charge < -0.3 is 40.5 Å². The van der Waals surface area contributed by atoms with Gasteiger partial charge in [0.1, 0.15) is 29.1 Å². The molecule has 0 unspecified atom stereocenters. The molecule has 1 aliphatic rings. The van der Waals surface area contributed by atoms with Crippen LogP contribution in [-0.2, 0) is 17.8 Å². The van der Waals surface area contributed by atoms with Crippen LogP contribution < -0.4 is 32.0 Å². The summed E-state index contributed by atoms with van der Waals surface area (Å²) in [5.41, 5.74) is 19.8. The molecule has 5 aromatic rings. The Morgan fingerprint density at radius 3 is 2.45 bits per heavy atom. The average molecular weight is 677 g/mol. The highest BCUT2D eigenvalue weighted by molar-refractivity contribution is 6.04. The Hall–Kier alpha value is -5.71. The smallest absolute Gasteiger partial charge is 0.279 e. The van der Waals surface area contributed by atoms with Gasteiger partial charge in [-0.25, -0.2) is 14.4 Å². The zero-order valence-electron chi connectivity index (χ0n) is 27.3. The van der Waals surface area contributed by atoms with Crippen molar-refractivity contribution in [1.29, 1.82) is 0 Å². The third-order valence-corrected chi connectivity index (χ3v) is 8.42. The molecule has 7 N–H and O–H groups in total.